The van der Waals surface area contributed by atoms with Gasteiger partial charge in [0.1, 0.15) is 5.82 Å². The number of aromatic nitrogens is 1. The minimum atomic E-state index is -0.150. The van der Waals surface area contributed by atoms with Gasteiger partial charge in [0.05, 0.1) is 5.69 Å². The zero-order chi connectivity index (χ0) is 15.4. The summed E-state index contributed by atoms with van der Waals surface area (Å²) in [5.41, 5.74) is 2.23. The van der Waals surface area contributed by atoms with Crippen molar-refractivity contribution in [3.63, 3.8) is 0 Å². The maximum Gasteiger partial charge on any atom is 0.255 e. The first-order chi connectivity index (χ1) is 10.0. The van der Waals surface area contributed by atoms with Gasteiger partial charge in [-0.25, -0.2) is 4.98 Å². The Hall–Kier alpha value is -1.88. The molecule has 1 amide bonds. The van der Waals surface area contributed by atoms with Gasteiger partial charge in [-0.15, -0.1) is 0 Å². The molecule has 110 valence electrons. The van der Waals surface area contributed by atoms with E-state index >= 15 is 0 Å². The normalized spacial score (nSPS) is 10.5. The highest BCUT2D eigenvalue weighted by atomic mass is 79.9. The highest BCUT2D eigenvalue weighted by molar-refractivity contribution is 9.10. The van der Waals surface area contributed by atoms with Crippen molar-refractivity contribution in [3.05, 3.63) is 52.1 Å². The maximum absolute atomic E-state index is 12.4. The molecular formula is C16H18BrN3O. The second kappa shape index (κ2) is 6.72. The fourth-order valence-corrected chi connectivity index (χ4v) is 2.25. The molecule has 2 aromatic rings. The molecule has 0 unspecified atom stereocenters. The average Bonchev–Trinajstić information content (AvgIpc) is 2.49. The van der Waals surface area contributed by atoms with E-state index in [1.54, 1.807) is 13.1 Å². The number of nitrogens with zero attached hydrogens (tertiary/aromatic N) is 1. The number of carbonyl (C=O) groups excluding carboxylic acids is 1. The Morgan fingerprint density at radius 2 is 1.95 bits per heavy atom. The quantitative estimate of drug-likeness (QED) is 0.868. The van der Waals surface area contributed by atoms with Crippen molar-refractivity contribution >= 4 is 33.3 Å². The van der Waals surface area contributed by atoms with Crippen LogP contribution in [0.25, 0.3) is 0 Å². The zero-order valence-electron chi connectivity index (χ0n) is 12.3. The fourth-order valence-electron chi connectivity index (χ4n) is 1.86. The van der Waals surface area contributed by atoms with Crippen molar-refractivity contribution in [2.75, 3.05) is 17.7 Å². The number of hydrogen-bond acceptors (Lipinski definition) is 3. The first-order valence-corrected chi connectivity index (χ1v) is 7.56. The molecule has 1 heterocycles. The molecule has 0 aliphatic heterocycles. The van der Waals surface area contributed by atoms with Gasteiger partial charge < -0.3 is 10.6 Å². The summed E-state index contributed by atoms with van der Waals surface area (Å²) in [6.45, 7) is 4.11. The average molecular weight is 348 g/mol. The van der Waals surface area contributed by atoms with E-state index in [1.807, 2.05) is 30.3 Å². The number of anilines is 2. The van der Waals surface area contributed by atoms with Crippen molar-refractivity contribution in [2.24, 2.45) is 0 Å². The predicted molar refractivity (Wildman–Crippen MR) is 90.0 cm³/mol. The number of para-hydroxylation sites is 1. The molecule has 2 N–H and O–H groups in total. The second-order valence-corrected chi connectivity index (χ2v) is 5.86. The van der Waals surface area contributed by atoms with Gasteiger partial charge in [-0.2, -0.15) is 0 Å². The lowest BCUT2D eigenvalue weighted by molar-refractivity contribution is 0.102. The molecule has 21 heavy (non-hydrogen) atoms. The standard InChI is InChI=1S/C16H18BrN3O/c1-10(2)14-8-11(9-15(18-3)19-14)16(21)20-13-7-5-4-6-12(13)17/h4-10H,1-3H3,(H,18,19)(H,20,21). The van der Waals surface area contributed by atoms with Gasteiger partial charge in [0.25, 0.3) is 5.91 Å². The summed E-state index contributed by atoms with van der Waals surface area (Å²) in [7, 11) is 1.79. The minimum absolute atomic E-state index is 0.150. The summed E-state index contributed by atoms with van der Waals surface area (Å²) < 4.78 is 0.852. The van der Waals surface area contributed by atoms with Gasteiger partial charge in [-0.3, -0.25) is 4.79 Å². The summed E-state index contributed by atoms with van der Waals surface area (Å²) in [6.07, 6.45) is 0. The number of benzene rings is 1. The molecule has 0 bridgehead atoms. The van der Waals surface area contributed by atoms with Gasteiger partial charge in [-0.05, 0) is 46.1 Å². The minimum Gasteiger partial charge on any atom is -0.373 e. The van der Waals surface area contributed by atoms with Crippen molar-refractivity contribution < 1.29 is 4.79 Å². The number of pyridine rings is 1. The number of hydrogen-bond donors (Lipinski definition) is 2. The molecule has 0 fully saturated rings. The van der Waals surface area contributed by atoms with Crippen molar-refractivity contribution in [1.82, 2.24) is 4.98 Å². The van der Waals surface area contributed by atoms with Crippen LogP contribution in [0, 0.1) is 0 Å². The lowest BCUT2D eigenvalue weighted by atomic mass is 10.1. The van der Waals surface area contributed by atoms with E-state index in [0.29, 0.717) is 11.4 Å². The monoisotopic (exact) mass is 347 g/mol. The van der Waals surface area contributed by atoms with Gasteiger partial charge in [0.15, 0.2) is 0 Å². The molecule has 0 atom stereocenters. The molecule has 0 aliphatic carbocycles. The van der Waals surface area contributed by atoms with Crippen LogP contribution in [0.3, 0.4) is 0 Å². The highest BCUT2D eigenvalue weighted by Gasteiger charge is 2.12. The number of halogens is 1. The largest absolute Gasteiger partial charge is 0.373 e. The Morgan fingerprint density at radius 1 is 1.24 bits per heavy atom. The summed E-state index contributed by atoms with van der Waals surface area (Å²) >= 11 is 3.42. The van der Waals surface area contributed by atoms with Gasteiger partial charge in [0, 0.05) is 22.8 Å². The van der Waals surface area contributed by atoms with E-state index in [9.17, 15) is 4.79 Å². The molecular weight excluding hydrogens is 330 g/mol. The van der Waals surface area contributed by atoms with E-state index in [1.165, 1.54) is 0 Å². The molecule has 0 saturated carbocycles. The van der Waals surface area contributed by atoms with Gasteiger partial charge >= 0.3 is 0 Å². The Kier molecular flexibility index (Phi) is 4.96. The van der Waals surface area contributed by atoms with Crippen LogP contribution < -0.4 is 10.6 Å². The topological polar surface area (TPSA) is 54.0 Å². The lowest BCUT2D eigenvalue weighted by Gasteiger charge is -2.12. The SMILES string of the molecule is CNc1cc(C(=O)Nc2ccccc2Br)cc(C(C)C)n1. The van der Waals surface area contributed by atoms with Crippen molar-refractivity contribution in [1.29, 1.82) is 0 Å². The smallest absolute Gasteiger partial charge is 0.255 e. The van der Waals surface area contributed by atoms with Gasteiger partial charge in [-0.1, -0.05) is 26.0 Å². The first kappa shape index (κ1) is 15.5. The van der Waals surface area contributed by atoms with Crippen LogP contribution in [0.15, 0.2) is 40.9 Å². The van der Waals surface area contributed by atoms with Crippen LogP contribution in [0.2, 0.25) is 0 Å². The molecule has 5 heteroatoms. The van der Waals surface area contributed by atoms with Crippen LogP contribution in [-0.4, -0.2) is 17.9 Å². The Balaban J connectivity index is 2.30. The fraction of sp³-hybridized carbons (Fsp3) is 0.250. The molecule has 0 radical (unpaired) electrons. The zero-order valence-corrected chi connectivity index (χ0v) is 13.9. The third-order valence-corrected chi connectivity index (χ3v) is 3.77. The summed E-state index contributed by atoms with van der Waals surface area (Å²) in [6, 6.07) is 11.1. The predicted octanol–water partition coefficient (Wildman–Crippen LogP) is 4.26. The van der Waals surface area contributed by atoms with Crippen LogP contribution in [-0.2, 0) is 0 Å². The van der Waals surface area contributed by atoms with Crippen molar-refractivity contribution in [3.8, 4) is 0 Å². The number of nitrogens with one attached hydrogen (secondary N) is 2. The third-order valence-electron chi connectivity index (χ3n) is 3.08. The number of carbonyl (C=O) groups is 1. The summed E-state index contributed by atoms with van der Waals surface area (Å²) in [5.74, 6) is 0.800. The summed E-state index contributed by atoms with van der Waals surface area (Å²) in [4.78, 5) is 16.9. The van der Waals surface area contributed by atoms with E-state index < -0.39 is 0 Å². The van der Waals surface area contributed by atoms with E-state index in [0.717, 1.165) is 15.9 Å². The highest BCUT2D eigenvalue weighted by Crippen LogP contribution is 2.23. The van der Waals surface area contributed by atoms with Crippen LogP contribution in [0.5, 0.6) is 0 Å². The molecule has 1 aromatic carbocycles. The third kappa shape index (κ3) is 3.82. The van der Waals surface area contributed by atoms with Crippen LogP contribution in [0.4, 0.5) is 11.5 Å². The first-order valence-electron chi connectivity index (χ1n) is 6.77. The molecule has 0 aliphatic rings. The number of rotatable bonds is 4. The number of amides is 1. The summed E-state index contributed by atoms with van der Waals surface area (Å²) in [5, 5.41) is 5.89. The van der Waals surface area contributed by atoms with E-state index in [-0.39, 0.29) is 11.8 Å². The van der Waals surface area contributed by atoms with Crippen LogP contribution >= 0.6 is 15.9 Å². The maximum atomic E-state index is 12.4. The van der Waals surface area contributed by atoms with E-state index in [4.69, 9.17) is 0 Å². The molecule has 2 rings (SSSR count). The Bertz CT molecular complexity index is 656. The molecule has 1 aromatic heterocycles. The molecule has 0 spiro atoms. The lowest BCUT2D eigenvalue weighted by Crippen LogP contribution is -2.14. The molecule has 4 nitrogen and oxygen atoms in total. The Labute approximate surface area is 133 Å². The van der Waals surface area contributed by atoms with Crippen LogP contribution in [0.1, 0.15) is 35.8 Å². The second-order valence-electron chi connectivity index (χ2n) is 5.00. The van der Waals surface area contributed by atoms with Gasteiger partial charge in [0.2, 0.25) is 0 Å². The Morgan fingerprint density at radius 3 is 2.57 bits per heavy atom. The van der Waals surface area contributed by atoms with Crippen molar-refractivity contribution in [2.45, 2.75) is 19.8 Å². The van der Waals surface area contributed by atoms with E-state index in [2.05, 4.69) is 45.4 Å². The molecule has 0 saturated heterocycles.